The third-order valence-electron chi connectivity index (χ3n) is 3.35. The van der Waals surface area contributed by atoms with E-state index in [0.717, 1.165) is 0 Å². The van der Waals surface area contributed by atoms with Crippen LogP contribution in [0.2, 0.25) is 0 Å². The largest absolute Gasteiger partial charge is 0.493 e. The first-order chi connectivity index (χ1) is 13.0. The molecule has 0 spiro atoms. The maximum atomic E-state index is 13.3. The molecule has 0 saturated heterocycles. The first kappa shape index (κ1) is 23.6. The molecule has 0 radical (unpaired) electrons. The highest BCUT2D eigenvalue weighted by molar-refractivity contribution is 7.55. The quantitative estimate of drug-likeness (QED) is 0.279. The third-order valence-corrected chi connectivity index (χ3v) is 5.26. The summed E-state index contributed by atoms with van der Waals surface area (Å²) in [7, 11) is -2.81. The Morgan fingerprint density at radius 2 is 1.71 bits per heavy atom. The molecule has 1 aromatic rings. The van der Waals surface area contributed by atoms with Gasteiger partial charge in [0, 0.05) is 5.56 Å². The van der Waals surface area contributed by atoms with Crippen LogP contribution in [0.4, 0.5) is 0 Å². The monoisotopic (exact) mass is 416 g/mol. The zero-order valence-corrected chi connectivity index (χ0v) is 17.2. The maximum Gasteiger partial charge on any atom is 0.392 e. The average molecular weight is 416 g/mol. The van der Waals surface area contributed by atoms with E-state index in [0.29, 0.717) is 6.29 Å². The van der Waals surface area contributed by atoms with Gasteiger partial charge in [0.1, 0.15) is 18.4 Å². The van der Waals surface area contributed by atoms with E-state index in [9.17, 15) is 18.9 Å². The average Bonchev–Trinajstić information content (AvgIpc) is 2.60. The van der Waals surface area contributed by atoms with Gasteiger partial charge in [0.05, 0.1) is 13.2 Å². The number of aldehydes is 1. The van der Waals surface area contributed by atoms with Crippen LogP contribution in [0.5, 0.6) is 11.5 Å². The molecule has 0 aromatic heterocycles. The fraction of sp³-hybridized carbons (Fsp3) is 0.471. The number of carbonyl (C=O) groups is 3. The van der Waals surface area contributed by atoms with Crippen LogP contribution in [0.3, 0.4) is 0 Å². The Hall–Kier alpha value is -2.42. The summed E-state index contributed by atoms with van der Waals surface area (Å²) in [5.74, 6) is -1.89. The number of carboxylic acid groups (broad SMARTS) is 1. The van der Waals surface area contributed by atoms with Gasteiger partial charge >= 0.3 is 19.6 Å². The second-order valence-electron chi connectivity index (χ2n) is 6.20. The lowest BCUT2D eigenvalue weighted by atomic mass is 10.2. The van der Waals surface area contributed by atoms with Gasteiger partial charge in [0.25, 0.3) is 0 Å². The molecule has 0 aliphatic rings. The molecule has 0 fully saturated rings. The van der Waals surface area contributed by atoms with Crippen LogP contribution in [0, 0.1) is 0 Å². The number of benzene rings is 1. The summed E-state index contributed by atoms with van der Waals surface area (Å²) in [6, 6.07) is 1.83. The van der Waals surface area contributed by atoms with Gasteiger partial charge in [-0.15, -0.1) is 0 Å². The lowest BCUT2D eigenvalue weighted by molar-refractivity contribution is -0.149. The first-order valence-electron chi connectivity index (χ1n) is 8.43. The molecule has 3 N–H and O–H groups in total. The summed E-state index contributed by atoms with van der Waals surface area (Å²) < 4.78 is 29.0. The van der Waals surface area contributed by atoms with Gasteiger partial charge < -0.3 is 19.1 Å². The molecule has 3 atom stereocenters. The van der Waals surface area contributed by atoms with Crippen LogP contribution in [-0.2, 0) is 18.9 Å². The lowest BCUT2D eigenvalue weighted by Crippen LogP contribution is -2.43. The van der Waals surface area contributed by atoms with Gasteiger partial charge in [-0.3, -0.25) is 14.4 Å². The number of nitrogens with one attached hydrogen (secondary N) is 2. The number of methoxy groups -OCH3 is 1. The number of carbonyl (C=O) groups excluding carboxylic acids is 2. The van der Waals surface area contributed by atoms with Crippen molar-refractivity contribution >= 4 is 25.9 Å². The minimum absolute atomic E-state index is 0.0718. The molecule has 28 heavy (non-hydrogen) atoms. The predicted molar refractivity (Wildman–Crippen MR) is 101 cm³/mol. The SMILES string of the molecule is COc1ccc(C=O)cc1OP(=O)(NC(C)C(=O)O)NC(C)C(=O)OC(C)C. The fourth-order valence-electron chi connectivity index (χ4n) is 2.02. The van der Waals surface area contributed by atoms with E-state index in [1.165, 1.54) is 39.2 Å². The topological polar surface area (TPSA) is 140 Å². The molecule has 0 heterocycles. The van der Waals surface area contributed by atoms with Crippen LogP contribution in [0.15, 0.2) is 18.2 Å². The van der Waals surface area contributed by atoms with Crippen molar-refractivity contribution in [1.29, 1.82) is 0 Å². The van der Waals surface area contributed by atoms with Gasteiger partial charge in [0.2, 0.25) is 0 Å². The second kappa shape index (κ2) is 10.2. The number of hydrogen-bond donors (Lipinski definition) is 3. The number of aliphatic carboxylic acids is 1. The Kier molecular flexibility index (Phi) is 8.62. The van der Waals surface area contributed by atoms with E-state index in [1.807, 2.05) is 0 Å². The minimum Gasteiger partial charge on any atom is -0.493 e. The van der Waals surface area contributed by atoms with Gasteiger partial charge in [0.15, 0.2) is 11.5 Å². The molecule has 0 aliphatic carbocycles. The molecule has 1 aromatic carbocycles. The van der Waals surface area contributed by atoms with Gasteiger partial charge in [-0.1, -0.05) is 0 Å². The summed E-state index contributed by atoms with van der Waals surface area (Å²) in [6.07, 6.45) is 0.160. The molecule has 11 heteroatoms. The third kappa shape index (κ3) is 6.95. The molecule has 3 unspecified atom stereocenters. The van der Waals surface area contributed by atoms with Gasteiger partial charge in [-0.25, -0.2) is 14.7 Å². The second-order valence-corrected chi connectivity index (χ2v) is 8.00. The molecule has 1 rings (SSSR count). The standard InChI is InChI=1S/C17H25N2O8P/c1-10(2)26-17(23)12(4)19-28(24,18-11(3)16(21)22)27-15-8-13(9-20)6-7-14(15)25-5/h6-12H,1-5H3,(H,21,22)(H2,18,19,24). The molecule has 0 aliphatic heterocycles. The van der Waals surface area contributed by atoms with Crippen LogP contribution < -0.4 is 19.4 Å². The summed E-state index contributed by atoms with van der Waals surface area (Å²) in [6.45, 7) is 5.96. The highest BCUT2D eigenvalue weighted by atomic mass is 31.2. The lowest BCUT2D eigenvalue weighted by Gasteiger charge is -2.26. The van der Waals surface area contributed by atoms with Crippen LogP contribution >= 0.6 is 7.67 Å². The van der Waals surface area contributed by atoms with Crippen LogP contribution in [0.25, 0.3) is 0 Å². The summed E-state index contributed by atoms with van der Waals surface area (Å²) in [5.41, 5.74) is 0.223. The minimum atomic E-state index is -4.15. The van der Waals surface area contributed by atoms with Crippen LogP contribution in [0.1, 0.15) is 38.1 Å². The summed E-state index contributed by atoms with van der Waals surface area (Å²) >= 11 is 0. The van der Waals surface area contributed by atoms with E-state index < -0.39 is 37.8 Å². The molecule has 0 bridgehead atoms. The Bertz CT molecular complexity index is 768. The smallest absolute Gasteiger partial charge is 0.392 e. The number of ether oxygens (including phenoxy) is 2. The highest BCUT2D eigenvalue weighted by Crippen LogP contribution is 2.44. The zero-order chi connectivity index (χ0) is 21.5. The first-order valence-corrected chi connectivity index (χ1v) is 10.1. The van der Waals surface area contributed by atoms with Crippen molar-refractivity contribution in [1.82, 2.24) is 10.2 Å². The van der Waals surface area contributed by atoms with E-state index in [-0.39, 0.29) is 17.1 Å². The van der Waals surface area contributed by atoms with Crippen molar-refractivity contribution in [3.8, 4) is 11.5 Å². The molecule has 10 nitrogen and oxygen atoms in total. The summed E-state index contributed by atoms with van der Waals surface area (Å²) in [4.78, 5) is 34.3. The Morgan fingerprint density at radius 1 is 1.11 bits per heavy atom. The normalized spacial score (nSPS) is 15.2. The van der Waals surface area contributed by atoms with Crippen LogP contribution in [-0.4, -0.2) is 48.6 Å². The number of hydrogen-bond acceptors (Lipinski definition) is 7. The van der Waals surface area contributed by atoms with E-state index in [2.05, 4.69) is 10.2 Å². The summed E-state index contributed by atoms with van der Waals surface area (Å²) in [5, 5.41) is 13.9. The van der Waals surface area contributed by atoms with Gasteiger partial charge in [-0.2, -0.15) is 0 Å². The zero-order valence-electron chi connectivity index (χ0n) is 16.3. The number of rotatable bonds is 11. The molecular weight excluding hydrogens is 391 g/mol. The Labute approximate surface area is 163 Å². The Balaban J connectivity index is 3.21. The van der Waals surface area contributed by atoms with Crippen molar-refractivity contribution in [3.05, 3.63) is 23.8 Å². The van der Waals surface area contributed by atoms with Gasteiger partial charge in [-0.05, 0) is 45.9 Å². The highest BCUT2D eigenvalue weighted by Gasteiger charge is 2.34. The number of carboxylic acids is 1. The fourth-order valence-corrected chi connectivity index (χ4v) is 3.85. The molecular formula is C17H25N2O8P. The van der Waals surface area contributed by atoms with E-state index in [1.54, 1.807) is 13.8 Å². The van der Waals surface area contributed by atoms with Crippen molar-refractivity contribution < 1.29 is 38.1 Å². The van der Waals surface area contributed by atoms with Crippen molar-refractivity contribution in [2.45, 2.75) is 45.9 Å². The Morgan fingerprint density at radius 3 is 2.21 bits per heavy atom. The number of esters is 1. The van der Waals surface area contributed by atoms with Crippen molar-refractivity contribution in [2.75, 3.05) is 7.11 Å². The maximum absolute atomic E-state index is 13.3. The molecule has 0 saturated carbocycles. The van der Waals surface area contributed by atoms with E-state index >= 15 is 0 Å². The molecule has 0 amide bonds. The van der Waals surface area contributed by atoms with Crippen molar-refractivity contribution in [3.63, 3.8) is 0 Å². The predicted octanol–water partition coefficient (Wildman–Crippen LogP) is 1.99. The molecule has 156 valence electrons. The van der Waals surface area contributed by atoms with Crippen molar-refractivity contribution in [2.24, 2.45) is 0 Å². The van der Waals surface area contributed by atoms with E-state index in [4.69, 9.17) is 19.1 Å².